The van der Waals surface area contributed by atoms with Crippen molar-refractivity contribution in [2.24, 2.45) is 5.73 Å². The van der Waals surface area contributed by atoms with Gasteiger partial charge in [-0.2, -0.15) is 0 Å². The number of carbonyl (C=O) groups excluding carboxylic acids is 2. The van der Waals surface area contributed by atoms with E-state index in [0.717, 1.165) is 11.1 Å². The molecule has 0 spiro atoms. The fraction of sp³-hybridized carbons (Fsp3) is 0.273. The average molecular weight is 206 g/mol. The van der Waals surface area contributed by atoms with Crippen molar-refractivity contribution >= 4 is 12.3 Å². The van der Waals surface area contributed by atoms with Gasteiger partial charge in [-0.1, -0.05) is 18.2 Å². The number of primary amides is 1. The zero-order valence-corrected chi connectivity index (χ0v) is 8.78. The number of rotatable bonds is 0. The molecule has 1 aromatic rings. The highest BCUT2D eigenvalue weighted by Gasteiger charge is 2.33. The van der Waals surface area contributed by atoms with Gasteiger partial charge in [-0.15, -0.1) is 0 Å². The number of hydrogen-bond donors (Lipinski definition) is 2. The molecule has 4 nitrogen and oxygen atoms in total. The molecule has 0 aromatic heterocycles. The Morgan fingerprint density at radius 1 is 1.33 bits per heavy atom. The van der Waals surface area contributed by atoms with Crippen molar-refractivity contribution in [1.29, 1.82) is 0 Å². The van der Waals surface area contributed by atoms with Crippen LogP contribution in [0.1, 0.15) is 29.8 Å². The molecule has 80 valence electrons. The summed E-state index contributed by atoms with van der Waals surface area (Å²) in [6.45, 7) is 4.02. The molecule has 0 atom stereocenters. The summed E-state index contributed by atoms with van der Waals surface area (Å²) in [4.78, 5) is 20.0. The van der Waals surface area contributed by atoms with Gasteiger partial charge in [0.1, 0.15) is 0 Å². The molecule has 0 fully saturated rings. The summed E-state index contributed by atoms with van der Waals surface area (Å²) in [6, 6.07) is 7.70. The van der Waals surface area contributed by atoms with E-state index < -0.39 is 0 Å². The fourth-order valence-electron chi connectivity index (χ4n) is 1.64. The maximum Gasteiger partial charge on any atom is 0.252 e. The first-order valence-corrected chi connectivity index (χ1v) is 4.60. The molecule has 0 unspecified atom stereocenters. The standard InChI is InChI=1S/C10H11NO.CH3NO/c1-10(2)8-6-4-3-5-7(8)9(12)11-10;2-1-3/h3-6H,1-2H3,(H,11,12);1H,(H2,2,3). The molecule has 1 aliphatic rings. The number of benzene rings is 1. The van der Waals surface area contributed by atoms with E-state index >= 15 is 0 Å². The van der Waals surface area contributed by atoms with Crippen molar-refractivity contribution in [3.05, 3.63) is 35.4 Å². The van der Waals surface area contributed by atoms with Crippen LogP contribution in [0.4, 0.5) is 0 Å². The summed E-state index contributed by atoms with van der Waals surface area (Å²) in [7, 11) is 0. The molecule has 1 aromatic carbocycles. The van der Waals surface area contributed by atoms with Crippen LogP contribution < -0.4 is 11.1 Å². The number of carbonyl (C=O) groups is 2. The molecule has 15 heavy (non-hydrogen) atoms. The van der Waals surface area contributed by atoms with Crippen molar-refractivity contribution in [2.45, 2.75) is 19.4 Å². The topological polar surface area (TPSA) is 72.2 Å². The number of fused-ring (bicyclic) bond motifs is 1. The molecule has 2 rings (SSSR count). The quantitative estimate of drug-likeness (QED) is 0.615. The van der Waals surface area contributed by atoms with Crippen molar-refractivity contribution < 1.29 is 9.59 Å². The molecular weight excluding hydrogens is 192 g/mol. The SMILES string of the molecule is CC1(C)NC(=O)c2ccccc21.NC=O. The van der Waals surface area contributed by atoms with Crippen LogP contribution in [0.15, 0.2) is 24.3 Å². The van der Waals surface area contributed by atoms with Crippen molar-refractivity contribution in [2.75, 3.05) is 0 Å². The molecular formula is C11H14N2O2. The Labute approximate surface area is 88.5 Å². The summed E-state index contributed by atoms with van der Waals surface area (Å²) >= 11 is 0. The largest absolute Gasteiger partial charge is 0.372 e. The molecule has 0 aliphatic carbocycles. The maximum absolute atomic E-state index is 11.4. The lowest BCUT2D eigenvalue weighted by atomic mass is 9.95. The Hall–Kier alpha value is -1.84. The highest BCUT2D eigenvalue weighted by atomic mass is 16.2. The lowest BCUT2D eigenvalue weighted by Crippen LogP contribution is -2.32. The van der Waals surface area contributed by atoms with Crippen molar-refractivity contribution in [3.63, 3.8) is 0 Å². The second-order valence-corrected chi connectivity index (χ2v) is 3.76. The van der Waals surface area contributed by atoms with Gasteiger partial charge in [0.25, 0.3) is 5.91 Å². The minimum atomic E-state index is -0.201. The Morgan fingerprint density at radius 3 is 2.40 bits per heavy atom. The maximum atomic E-state index is 11.4. The minimum Gasteiger partial charge on any atom is -0.372 e. The third-order valence-electron chi connectivity index (χ3n) is 2.27. The van der Waals surface area contributed by atoms with Gasteiger partial charge in [-0.05, 0) is 25.5 Å². The zero-order valence-electron chi connectivity index (χ0n) is 8.78. The van der Waals surface area contributed by atoms with E-state index in [2.05, 4.69) is 11.1 Å². The molecule has 0 bridgehead atoms. The summed E-state index contributed by atoms with van der Waals surface area (Å²) < 4.78 is 0. The molecule has 1 aliphatic heterocycles. The number of nitrogens with one attached hydrogen (secondary N) is 1. The summed E-state index contributed by atoms with van der Waals surface area (Å²) in [5, 5.41) is 2.92. The van der Waals surface area contributed by atoms with Gasteiger partial charge in [0.2, 0.25) is 6.41 Å². The highest BCUT2D eigenvalue weighted by molar-refractivity contribution is 5.99. The van der Waals surface area contributed by atoms with Crippen molar-refractivity contribution in [1.82, 2.24) is 5.32 Å². The van der Waals surface area contributed by atoms with Crippen LogP contribution in [0.25, 0.3) is 0 Å². The van der Waals surface area contributed by atoms with Gasteiger partial charge in [0, 0.05) is 5.56 Å². The molecule has 1 heterocycles. The van der Waals surface area contributed by atoms with Gasteiger partial charge in [0.05, 0.1) is 5.54 Å². The van der Waals surface area contributed by atoms with Crippen LogP contribution in [0, 0.1) is 0 Å². The Balaban J connectivity index is 0.000000337. The van der Waals surface area contributed by atoms with E-state index in [1.165, 1.54) is 0 Å². The third kappa shape index (κ3) is 2.15. The van der Waals surface area contributed by atoms with Crippen LogP contribution in [0.5, 0.6) is 0 Å². The lowest BCUT2D eigenvalue weighted by molar-refractivity contribution is -0.106. The van der Waals surface area contributed by atoms with E-state index in [1.807, 2.05) is 38.1 Å². The zero-order chi connectivity index (χ0) is 11.5. The van der Waals surface area contributed by atoms with Crippen molar-refractivity contribution in [3.8, 4) is 0 Å². The van der Waals surface area contributed by atoms with Crippen LogP contribution in [0.2, 0.25) is 0 Å². The molecule has 2 amide bonds. The number of amides is 2. The second-order valence-electron chi connectivity index (χ2n) is 3.76. The normalized spacial score (nSPS) is 15.7. The summed E-state index contributed by atoms with van der Waals surface area (Å²) in [5.74, 6) is 0.0376. The smallest absolute Gasteiger partial charge is 0.252 e. The minimum absolute atomic E-state index is 0.0376. The Morgan fingerprint density at radius 2 is 1.87 bits per heavy atom. The monoisotopic (exact) mass is 206 g/mol. The fourth-order valence-corrected chi connectivity index (χ4v) is 1.64. The lowest BCUT2D eigenvalue weighted by Gasteiger charge is -2.18. The first kappa shape index (κ1) is 11.2. The highest BCUT2D eigenvalue weighted by Crippen LogP contribution is 2.29. The van der Waals surface area contributed by atoms with Gasteiger partial charge in [-0.3, -0.25) is 9.59 Å². The molecule has 4 heteroatoms. The molecule has 0 saturated carbocycles. The van der Waals surface area contributed by atoms with E-state index in [-0.39, 0.29) is 17.9 Å². The summed E-state index contributed by atoms with van der Waals surface area (Å²) in [6.07, 6.45) is 0.250. The third-order valence-corrected chi connectivity index (χ3v) is 2.27. The first-order valence-electron chi connectivity index (χ1n) is 4.60. The van der Waals surface area contributed by atoms with E-state index in [1.54, 1.807) is 0 Å². The Kier molecular flexibility index (Phi) is 3.09. The van der Waals surface area contributed by atoms with E-state index in [4.69, 9.17) is 4.79 Å². The van der Waals surface area contributed by atoms with E-state index in [0.29, 0.717) is 0 Å². The van der Waals surface area contributed by atoms with E-state index in [9.17, 15) is 4.79 Å². The summed E-state index contributed by atoms with van der Waals surface area (Å²) in [5.41, 5.74) is 5.87. The number of nitrogens with two attached hydrogens (primary N) is 1. The molecule has 0 radical (unpaired) electrons. The van der Waals surface area contributed by atoms with Gasteiger partial charge >= 0.3 is 0 Å². The van der Waals surface area contributed by atoms with Gasteiger partial charge < -0.3 is 11.1 Å². The van der Waals surface area contributed by atoms with Crippen LogP contribution >= 0.6 is 0 Å². The average Bonchev–Trinajstić information content (AvgIpc) is 2.40. The van der Waals surface area contributed by atoms with Crippen LogP contribution in [-0.2, 0) is 10.3 Å². The predicted molar refractivity (Wildman–Crippen MR) is 57.2 cm³/mol. The molecule has 0 saturated heterocycles. The van der Waals surface area contributed by atoms with Crippen LogP contribution in [-0.4, -0.2) is 12.3 Å². The first-order chi connectivity index (χ1) is 7.03. The van der Waals surface area contributed by atoms with Gasteiger partial charge in [-0.25, -0.2) is 0 Å². The van der Waals surface area contributed by atoms with Crippen LogP contribution in [0.3, 0.4) is 0 Å². The second kappa shape index (κ2) is 4.13. The predicted octanol–water partition coefficient (Wildman–Crippen LogP) is 0.767. The van der Waals surface area contributed by atoms with Gasteiger partial charge in [0.15, 0.2) is 0 Å². The Bertz CT molecular complexity index is 386. The number of hydrogen-bond acceptors (Lipinski definition) is 2. The molecule has 3 N–H and O–H groups in total.